The van der Waals surface area contributed by atoms with E-state index in [-0.39, 0.29) is 5.91 Å². The van der Waals surface area contributed by atoms with Crippen LogP contribution in [0, 0.1) is 0 Å². The van der Waals surface area contributed by atoms with Gasteiger partial charge in [0, 0.05) is 18.9 Å². The summed E-state index contributed by atoms with van der Waals surface area (Å²) in [7, 11) is 1.50. The maximum Gasteiger partial charge on any atom is 0.229 e. The maximum atomic E-state index is 10.6. The van der Waals surface area contributed by atoms with Crippen molar-refractivity contribution in [1.82, 2.24) is 10.3 Å². The Morgan fingerprint density at radius 3 is 2.50 bits per heavy atom. The van der Waals surface area contributed by atoms with Gasteiger partial charge < -0.3 is 11.1 Å². The predicted molar refractivity (Wildman–Crippen MR) is 94.7 cm³/mol. The molecule has 1 aromatic heterocycles. The molecule has 3 rings (SSSR count). The Labute approximate surface area is 136 Å². The average Bonchev–Trinajstić information content (AvgIpc) is 2.86. The lowest BCUT2D eigenvalue weighted by molar-refractivity contribution is -0.118. The van der Waals surface area contributed by atoms with E-state index in [9.17, 15) is 4.79 Å². The van der Waals surface area contributed by atoms with Gasteiger partial charge in [0.15, 0.2) is 0 Å². The van der Waals surface area contributed by atoms with Gasteiger partial charge in [0.2, 0.25) is 5.91 Å². The summed E-state index contributed by atoms with van der Waals surface area (Å²) in [6.45, 7) is 0.867. The topological polar surface area (TPSA) is 68.0 Å². The highest BCUT2D eigenvalue weighted by molar-refractivity contribution is 7.99. The lowest BCUT2D eigenvalue weighted by atomic mass is 10.1. The second-order valence-electron chi connectivity index (χ2n) is 4.36. The second-order valence-corrected chi connectivity index (χ2v) is 5.47. The van der Waals surface area contributed by atoms with E-state index in [2.05, 4.69) is 34.2 Å². The van der Waals surface area contributed by atoms with Crippen LogP contribution in [0.4, 0.5) is 0 Å². The molecule has 1 aliphatic heterocycles. The zero-order valence-electron chi connectivity index (χ0n) is 12.9. The SMILES string of the molecule is CN.O=C1CSCCCN1.c1ccc(-c2cccnc2)cc1. The molecule has 0 saturated carbocycles. The Balaban J connectivity index is 0.000000211. The summed E-state index contributed by atoms with van der Waals surface area (Å²) < 4.78 is 0. The van der Waals surface area contributed by atoms with E-state index in [0.29, 0.717) is 5.75 Å². The van der Waals surface area contributed by atoms with Gasteiger partial charge in [-0.3, -0.25) is 9.78 Å². The number of amides is 1. The van der Waals surface area contributed by atoms with Crippen LogP contribution in [0.15, 0.2) is 54.9 Å². The number of hydrogen-bond donors (Lipinski definition) is 2. The van der Waals surface area contributed by atoms with Crippen molar-refractivity contribution in [3.8, 4) is 11.1 Å². The van der Waals surface area contributed by atoms with Gasteiger partial charge >= 0.3 is 0 Å². The second kappa shape index (κ2) is 11.8. The molecular weight excluding hydrogens is 294 g/mol. The molecule has 1 aromatic carbocycles. The van der Waals surface area contributed by atoms with Crippen LogP contribution >= 0.6 is 11.8 Å². The average molecular weight is 317 g/mol. The highest BCUT2D eigenvalue weighted by atomic mass is 32.2. The lowest BCUT2D eigenvalue weighted by Gasteiger charge is -1.97. The summed E-state index contributed by atoms with van der Waals surface area (Å²) in [5.41, 5.74) is 6.88. The minimum Gasteiger partial charge on any atom is -0.355 e. The highest BCUT2D eigenvalue weighted by Crippen LogP contribution is 2.16. The van der Waals surface area contributed by atoms with E-state index in [0.717, 1.165) is 24.3 Å². The third kappa shape index (κ3) is 7.24. The number of nitrogens with one attached hydrogen (secondary N) is 1. The zero-order chi connectivity index (χ0) is 16.0. The fraction of sp³-hybridized carbons (Fsp3) is 0.294. The third-order valence-electron chi connectivity index (χ3n) is 2.79. The molecule has 2 aromatic rings. The quantitative estimate of drug-likeness (QED) is 0.848. The molecule has 0 spiro atoms. The number of carbonyl (C=O) groups is 1. The molecule has 3 N–H and O–H groups in total. The molecule has 1 saturated heterocycles. The Morgan fingerprint density at radius 1 is 1.09 bits per heavy atom. The van der Waals surface area contributed by atoms with E-state index in [4.69, 9.17) is 0 Å². The molecule has 0 bridgehead atoms. The number of carbonyl (C=O) groups excluding carboxylic acids is 1. The monoisotopic (exact) mass is 317 g/mol. The van der Waals surface area contributed by atoms with Crippen molar-refractivity contribution in [3.63, 3.8) is 0 Å². The molecule has 0 radical (unpaired) electrons. The summed E-state index contributed by atoms with van der Waals surface area (Å²) in [6, 6.07) is 14.2. The molecule has 1 fully saturated rings. The van der Waals surface area contributed by atoms with Crippen molar-refractivity contribution in [1.29, 1.82) is 0 Å². The minimum absolute atomic E-state index is 0.188. The molecule has 0 aliphatic carbocycles. The summed E-state index contributed by atoms with van der Waals surface area (Å²) in [6.07, 6.45) is 4.78. The fourth-order valence-corrected chi connectivity index (χ4v) is 2.56. The first-order chi connectivity index (χ1) is 10.9. The van der Waals surface area contributed by atoms with Gasteiger partial charge in [0.25, 0.3) is 0 Å². The van der Waals surface area contributed by atoms with Crippen molar-refractivity contribution in [2.45, 2.75) is 6.42 Å². The van der Waals surface area contributed by atoms with Crippen LogP contribution in [0.5, 0.6) is 0 Å². The Hall–Kier alpha value is -1.85. The van der Waals surface area contributed by atoms with Crippen molar-refractivity contribution in [2.24, 2.45) is 5.73 Å². The summed E-state index contributed by atoms with van der Waals surface area (Å²) in [5, 5.41) is 2.78. The van der Waals surface area contributed by atoms with Crippen molar-refractivity contribution in [2.75, 3.05) is 25.1 Å². The van der Waals surface area contributed by atoms with E-state index < -0.39 is 0 Å². The van der Waals surface area contributed by atoms with Crippen LogP contribution in [0.2, 0.25) is 0 Å². The largest absolute Gasteiger partial charge is 0.355 e. The number of aromatic nitrogens is 1. The van der Waals surface area contributed by atoms with Crippen molar-refractivity contribution >= 4 is 17.7 Å². The number of thioether (sulfide) groups is 1. The summed E-state index contributed by atoms with van der Waals surface area (Å²) in [4.78, 5) is 14.6. The minimum atomic E-state index is 0.188. The number of nitrogens with zero attached hydrogens (tertiary/aromatic N) is 1. The fourth-order valence-electron chi connectivity index (χ4n) is 1.78. The Kier molecular flexibility index (Phi) is 9.74. The predicted octanol–water partition coefficient (Wildman–Crippen LogP) is 2.56. The van der Waals surface area contributed by atoms with Crippen LogP contribution in [0.25, 0.3) is 11.1 Å². The first-order valence-corrected chi connectivity index (χ1v) is 8.39. The molecule has 1 aliphatic rings. The van der Waals surface area contributed by atoms with Crippen molar-refractivity contribution < 1.29 is 4.79 Å². The van der Waals surface area contributed by atoms with E-state index in [1.54, 1.807) is 18.0 Å². The number of hydrogen-bond acceptors (Lipinski definition) is 4. The van der Waals surface area contributed by atoms with Crippen LogP contribution in [0.3, 0.4) is 0 Å². The van der Waals surface area contributed by atoms with Gasteiger partial charge in [0.05, 0.1) is 5.75 Å². The normalized spacial score (nSPS) is 13.5. The Morgan fingerprint density at radius 2 is 1.82 bits per heavy atom. The maximum absolute atomic E-state index is 10.6. The lowest BCUT2D eigenvalue weighted by Crippen LogP contribution is -2.23. The number of benzene rings is 1. The first-order valence-electron chi connectivity index (χ1n) is 7.24. The summed E-state index contributed by atoms with van der Waals surface area (Å²) >= 11 is 1.71. The van der Waals surface area contributed by atoms with Gasteiger partial charge in [-0.25, -0.2) is 0 Å². The highest BCUT2D eigenvalue weighted by Gasteiger charge is 2.03. The number of rotatable bonds is 1. The molecular formula is C17H23N3OS. The van der Waals surface area contributed by atoms with Crippen LogP contribution in [-0.2, 0) is 4.79 Å². The van der Waals surface area contributed by atoms with Crippen LogP contribution < -0.4 is 11.1 Å². The first kappa shape index (κ1) is 18.2. The molecule has 0 unspecified atom stereocenters. The van der Waals surface area contributed by atoms with Gasteiger partial charge in [-0.1, -0.05) is 36.4 Å². The smallest absolute Gasteiger partial charge is 0.229 e. The molecule has 118 valence electrons. The van der Waals surface area contributed by atoms with Gasteiger partial charge in [-0.05, 0) is 36.4 Å². The Bertz CT molecular complexity index is 472. The van der Waals surface area contributed by atoms with E-state index >= 15 is 0 Å². The summed E-state index contributed by atoms with van der Waals surface area (Å²) in [5.74, 6) is 1.96. The zero-order valence-corrected chi connectivity index (χ0v) is 13.7. The molecule has 2 heterocycles. The van der Waals surface area contributed by atoms with Gasteiger partial charge in [0.1, 0.15) is 0 Å². The molecule has 4 nitrogen and oxygen atoms in total. The van der Waals surface area contributed by atoms with Crippen LogP contribution in [0.1, 0.15) is 6.42 Å². The number of pyridine rings is 1. The van der Waals surface area contributed by atoms with Gasteiger partial charge in [-0.15, -0.1) is 0 Å². The molecule has 0 atom stereocenters. The number of nitrogens with two attached hydrogens (primary N) is 1. The molecule has 22 heavy (non-hydrogen) atoms. The van der Waals surface area contributed by atoms with Gasteiger partial charge in [-0.2, -0.15) is 11.8 Å². The van der Waals surface area contributed by atoms with Crippen molar-refractivity contribution in [3.05, 3.63) is 54.9 Å². The molecule has 5 heteroatoms. The van der Waals surface area contributed by atoms with Crippen LogP contribution in [-0.4, -0.2) is 36.0 Å². The van der Waals surface area contributed by atoms with E-state index in [1.807, 2.05) is 30.5 Å². The third-order valence-corrected chi connectivity index (χ3v) is 3.83. The van der Waals surface area contributed by atoms with E-state index in [1.165, 1.54) is 12.6 Å². The molecule has 1 amide bonds. The standard InChI is InChI=1S/C11H9N.C5H9NOS.CH5N/c1-2-5-10(6-3-1)11-7-4-8-12-9-11;7-5-4-8-3-1-2-6-5;1-2/h1-9H;1-4H2,(H,6,7);2H2,1H3.